The zero-order valence-electron chi connectivity index (χ0n) is 11.6. The topological polar surface area (TPSA) is 99.5 Å². The van der Waals surface area contributed by atoms with E-state index in [0.717, 1.165) is 11.1 Å². The van der Waals surface area contributed by atoms with Crippen molar-refractivity contribution in [1.82, 2.24) is 10.3 Å². The molecule has 0 aliphatic heterocycles. The molecule has 0 saturated carbocycles. The first-order valence-corrected chi connectivity index (χ1v) is 6.72. The van der Waals surface area contributed by atoms with Gasteiger partial charge in [0.2, 0.25) is 0 Å². The number of aromatic nitrogens is 1. The van der Waals surface area contributed by atoms with E-state index in [2.05, 4.69) is 10.3 Å². The van der Waals surface area contributed by atoms with E-state index in [1.807, 2.05) is 13.0 Å². The average molecular weight is 321 g/mol. The summed E-state index contributed by atoms with van der Waals surface area (Å²) in [6.45, 7) is 1.34. The third kappa shape index (κ3) is 3.53. The van der Waals surface area contributed by atoms with Gasteiger partial charge in [0.05, 0.1) is 0 Å². The van der Waals surface area contributed by atoms with E-state index in [4.69, 9.17) is 16.7 Å². The largest absolute Gasteiger partial charge is 0.505 e. The van der Waals surface area contributed by atoms with Crippen LogP contribution in [-0.4, -0.2) is 33.6 Å². The predicted molar refractivity (Wildman–Crippen MR) is 81.1 cm³/mol. The van der Waals surface area contributed by atoms with Crippen molar-refractivity contribution < 1.29 is 19.8 Å². The molecule has 0 bridgehead atoms. The maximum Gasteiger partial charge on any atom is 0.322 e. The second-order valence-corrected chi connectivity index (χ2v) is 5.06. The van der Waals surface area contributed by atoms with Gasteiger partial charge in [-0.2, -0.15) is 0 Å². The molecule has 1 amide bonds. The molecule has 2 rings (SSSR count). The van der Waals surface area contributed by atoms with Gasteiger partial charge in [-0.25, -0.2) is 4.98 Å². The zero-order chi connectivity index (χ0) is 16.3. The van der Waals surface area contributed by atoms with Crippen molar-refractivity contribution in [2.75, 3.05) is 6.54 Å². The summed E-state index contributed by atoms with van der Waals surface area (Å²) in [5.41, 5.74) is 2.10. The number of benzene rings is 1. The molecule has 114 valence electrons. The van der Waals surface area contributed by atoms with Gasteiger partial charge < -0.3 is 15.5 Å². The molecule has 1 heterocycles. The molecule has 1 aromatic heterocycles. The summed E-state index contributed by atoms with van der Waals surface area (Å²) in [5.74, 6) is -2.27. The van der Waals surface area contributed by atoms with Crippen molar-refractivity contribution in [3.8, 4) is 16.9 Å². The van der Waals surface area contributed by atoms with Crippen LogP contribution in [0.5, 0.6) is 5.75 Å². The van der Waals surface area contributed by atoms with Gasteiger partial charge in [-0.15, -0.1) is 0 Å². The number of aliphatic carboxylic acids is 1. The van der Waals surface area contributed by atoms with Gasteiger partial charge in [-0.05, 0) is 36.2 Å². The van der Waals surface area contributed by atoms with Crippen LogP contribution in [0.15, 0.2) is 30.5 Å². The molecule has 0 saturated heterocycles. The number of amides is 1. The number of hydrogen-bond acceptors (Lipinski definition) is 4. The molecule has 0 fully saturated rings. The number of nitrogens with zero attached hydrogens (tertiary/aromatic N) is 1. The Hall–Kier alpha value is -2.60. The van der Waals surface area contributed by atoms with Crippen molar-refractivity contribution in [3.05, 3.63) is 46.7 Å². The minimum Gasteiger partial charge on any atom is -0.505 e. The second-order valence-electron chi connectivity index (χ2n) is 4.63. The second kappa shape index (κ2) is 6.44. The SMILES string of the molecule is Cc1ccc(Cl)cc1-c1cnc(C(=O)NCC(=O)O)c(O)c1. The fourth-order valence-electron chi connectivity index (χ4n) is 1.92. The molecule has 0 aliphatic rings. The third-order valence-corrected chi connectivity index (χ3v) is 3.23. The number of carboxylic acid groups (broad SMARTS) is 1. The Morgan fingerprint density at radius 2 is 2.05 bits per heavy atom. The highest BCUT2D eigenvalue weighted by molar-refractivity contribution is 6.30. The fourth-order valence-corrected chi connectivity index (χ4v) is 2.09. The van der Waals surface area contributed by atoms with Gasteiger partial charge in [0.1, 0.15) is 12.3 Å². The molecule has 0 spiro atoms. The number of aryl methyl sites for hydroxylation is 1. The molecule has 0 aliphatic carbocycles. The molecule has 0 atom stereocenters. The van der Waals surface area contributed by atoms with Crippen LogP contribution >= 0.6 is 11.6 Å². The van der Waals surface area contributed by atoms with Gasteiger partial charge in [0.15, 0.2) is 5.69 Å². The normalized spacial score (nSPS) is 10.3. The quantitative estimate of drug-likeness (QED) is 0.802. The van der Waals surface area contributed by atoms with Crippen molar-refractivity contribution >= 4 is 23.5 Å². The molecule has 3 N–H and O–H groups in total. The zero-order valence-corrected chi connectivity index (χ0v) is 12.4. The van der Waals surface area contributed by atoms with Crippen LogP contribution in [0, 0.1) is 6.92 Å². The number of carboxylic acids is 1. The van der Waals surface area contributed by atoms with Crippen molar-refractivity contribution in [1.29, 1.82) is 0 Å². The highest BCUT2D eigenvalue weighted by Gasteiger charge is 2.15. The number of pyridine rings is 1. The fraction of sp³-hybridized carbons (Fsp3) is 0.133. The molecule has 2 aromatic rings. The highest BCUT2D eigenvalue weighted by atomic mass is 35.5. The maximum absolute atomic E-state index is 11.7. The lowest BCUT2D eigenvalue weighted by molar-refractivity contribution is -0.135. The summed E-state index contributed by atoms with van der Waals surface area (Å²) in [6, 6.07) is 6.71. The first-order valence-electron chi connectivity index (χ1n) is 6.34. The van der Waals surface area contributed by atoms with Crippen LogP contribution in [-0.2, 0) is 4.79 Å². The maximum atomic E-state index is 11.7. The molecular formula is C15H13ClN2O4. The number of aromatic hydroxyl groups is 1. The monoisotopic (exact) mass is 320 g/mol. The number of carbonyl (C=O) groups excluding carboxylic acids is 1. The number of hydrogen-bond donors (Lipinski definition) is 3. The van der Waals surface area contributed by atoms with E-state index in [-0.39, 0.29) is 11.4 Å². The highest BCUT2D eigenvalue weighted by Crippen LogP contribution is 2.29. The molecule has 7 heteroatoms. The minimum atomic E-state index is -1.18. The predicted octanol–water partition coefficient (Wildman–Crippen LogP) is 2.23. The summed E-state index contributed by atoms with van der Waals surface area (Å²) in [6.07, 6.45) is 1.42. The summed E-state index contributed by atoms with van der Waals surface area (Å²) < 4.78 is 0. The smallest absolute Gasteiger partial charge is 0.322 e. The van der Waals surface area contributed by atoms with Crippen LogP contribution in [0.4, 0.5) is 0 Å². The van der Waals surface area contributed by atoms with Crippen molar-refractivity contribution in [3.63, 3.8) is 0 Å². The van der Waals surface area contributed by atoms with E-state index in [0.29, 0.717) is 10.6 Å². The van der Waals surface area contributed by atoms with Crippen LogP contribution in [0.3, 0.4) is 0 Å². The Labute approximate surface area is 131 Å². The van der Waals surface area contributed by atoms with Crippen molar-refractivity contribution in [2.24, 2.45) is 0 Å². The number of nitrogens with one attached hydrogen (secondary N) is 1. The Balaban J connectivity index is 2.32. The van der Waals surface area contributed by atoms with Gasteiger partial charge in [0, 0.05) is 16.8 Å². The molecule has 22 heavy (non-hydrogen) atoms. The lowest BCUT2D eigenvalue weighted by Crippen LogP contribution is -2.29. The number of carbonyl (C=O) groups is 2. The standard InChI is InChI=1S/C15H13ClN2O4/c1-8-2-3-10(16)5-11(8)9-4-12(19)14(17-6-9)15(22)18-7-13(20)21/h2-6,19H,7H2,1H3,(H,18,22)(H,20,21). The first-order chi connectivity index (χ1) is 10.4. The van der Waals surface area contributed by atoms with E-state index in [9.17, 15) is 14.7 Å². The lowest BCUT2D eigenvalue weighted by atomic mass is 10.0. The lowest BCUT2D eigenvalue weighted by Gasteiger charge is -2.09. The van der Waals surface area contributed by atoms with E-state index in [1.165, 1.54) is 12.3 Å². The van der Waals surface area contributed by atoms with E-state index in [1.54, 1.807) is 12.1 Å². The van der Waals surface area contributed by atoms with Crippen LogP contribution in [0.25, 0.3) is 11.1 Å². The summed E-state index contributed by atoms with van der Waals surface area (Å²) >= 11 is 5.96. The van der Waals surface area contributed by atoms with Crippen LogP contribution in [0.2, 0.25) is 5.02 Å². The van der Waals surface area contributed by atoms with Gasteiger partial charge >= 0.3 is 5.97 Å². The summed E-state index contributed by atoms with van der Waals surface area (Å²) in [5, 5.41) is 21.1. The third-order valence-electron chi connectivity index (χ3n) is 2.99. The summed E-state index contributed by atoms with van der Waals surface area (Å²) in [7, 11) is 0. The van der Waals surface area contributed by atoms with E-state index >= 15 is 0 Å². The average Bonchev–Trinajstić information content (AvgIpc) is 2.47. The van der Waals surface area contributed by atoms with Crippen LogP contribution in [0.1, 0.15) is 16.1 Å². The minimum absolute atomic E-state index is 0.232. The Bertz CT molecular complexity index is 746. The summed E-state index contributed by atoms with van der Waals surface area (Å²) in [4.78, 5) is 26.0. The first kappa shape index (κ1) is 15.8. The van der Waals surface area contributed by atoms with Gasteiger partial charge in [-0.3, -0.25) is 9.59 Å². The Morgan fingerprint density at radius 1 is 1.32 bits per heavy atom. The number of halogens is 1. The molecular weight excluding hydrogens is 308 g/mol. The Morgan fingerprint density at radius 3 is 2.68 bits per heavy atom. The Kier molecular flexibility index (Phi) is 4.62. The number of rotatable bonds is 4. The molecule has 1 aromatic carbocycles. The van der Waals surface area contributed by atoms with Gasteiger partial charge in [0.25, 0.3) is 5.91 Å². The van der Waals surface area contributed by atoms with Crippen LogP contribution < -0.4 is 5.32 Å². The molecule has 0 unspecified atom stereocenters. The molecule has 6 nitrogen and oxygen atoms in total. The van der Waals surface area contributed by atoms with Gasteiger partial charge in [-0.1, -0.05) is 17.7 Å². The van der Waals surface area contributed by atoms with E-state index < -0.39 is 18.4 Å². The van der Waals surface area contributed by atoms with Crippen molar-refractivity contribution in [2.45, 2.75) is 6.92 Å². The molecule has 0 radical (unpaired) electrons.